The first-order valence-electron chi connectivity index (χ1n) is 6.49. The van der Waals surface area contributed by atoms with E-state index in [0.717, 1.165) is 21.6 Å². The van der Waals surface area contributed by atoms with Gasteiger partial charge in [0.2, 0.25) is 5.91 Å². The number of rotatable bonds is 3. The Bertz CT molecular complexity index is 794. The number of amides is 1. The molecule has 1 heterocycles. The summed E-state index contributed by atoms with van der Waals surface area (Å²) in [5.74, 6) is -0.452. The van der Waals surface area contributed by atoms with Crippen molar-refractivity contribution in [2.24, 2.45) is 5.73 Å². The maximum Gasteiger partial charge on any atom is 0.249 e. The Morgan fingerprint density at radius 2 is 1.76 bits per heavy atom. The molecule has 4 heteroatoms. The molecule has 3 aromatic rings. The molecule has 0 radical (unpaired) electrons. The molecule has 2 aromatic carbocycles. The number of primary amides is 1. The molecule has 0 atom stereocenters. The summed E-state index contributed by atoms with van der Waals surface area (Å²) in [5.41, 5.74) is 15.3. The van der Waals surface area contributed by atoms with E-state index in [2.05, 4.69) is 6.07 Å². The first kappa shape index (κ1) is 13.4. The predicted molar refractivity (Wildman–Crippen MR) is 88.1 cm³/mol. The summed E-state index contributed by atoms with van der Waals surface area (Å²) >= 11 is 1.66. The summed E-state index contributed by atoms with van der Waals surface area (Å²) in [6, 6.07) is 17.2. The lowest BCUT2D eigenvalue weighted by Gasteiger charge is -2.11. The lowest BCUT2D eigenvalue weighted by atomic mass is 9.96. The summed E-state index contributed by atoms with van der Waals surface area (Å²) in [6.07, 6.45) is 0. The van der Waals surface area contributed by atoms with Gasteiger partial charge in [0, 0.05) is 21.7 Å². The van der Waals surface area contributed by atoms with Gasteiger partial charge in [0.1, 0.15) is 0 Å². The third kappa shape index (κ3) is 2.53. The molecule has 3 rings (SSSR count). The van der Waals surface area contributed by atoms with Crippen LogP contribution in [0.5, 0.6) is 0 Å². The normalized spacial score (nSPS) is 10.5. The van der Waals surface area contributed by atoms with Crippen LogP contribution in [0.25, 0.3) is 21.6 Å². The average Bonchev–Trinajstić information content (AvgIpc) is 3.02. The van der Waals surface area contributed by atoms with Crippen LogP contribution in [0.4, 0.5) is 5.69 Å². The van der Waals surface area contributed by atoms with Gasteiger partial charge >= 0.3 is 0 Å². The standard InChI is InChI=1S/C17H14N2OS/c18-15-8-7-11(16-6-3-9-21-16)10-14(15)12-4-1-2-5-13(12)17(19)20/h1-10H,18H2,(H2,19,20). The van der Waals surface area contributed by atoms with Crippen LogP contribution in [0.1, 0.15) is 10.4 Å². The van der Waals surface area contributed by atoms with Crippen molar-refractivity contribution >= 4 is 22.9 Å². The fourth-order valence-electron chi connectivity index (χ4n) is 2.32. The number of nitrogens with two attached hydrogens (primary N) is 2. The fraction of sp³-hybridized carbons (Fsp3) is 0. The molecule has 0 aliphatic carbocycles. The number of thiophene rings is 1. The fourth-order valence-corrected chi connectivity index (χ4v) is 3.04. The highest BCUT2D eigenvalue weighted by molar-refractivity contribution is 7.13. The summed E-state index contributed by atoms with van der Waals surface area (Å²) in [6.45, 7) is 0. The second kappa shape index (κ2) is 5.42. The number of nitrogen functional groups attached to an aromatic ring is 1. The molecule has 0 unspecified atom stereocenters. The van der Waals surface area contributed by atoms with E-state index in [9.17, 15) is 4.79 Å². The first-order chi connectivity index (χ1) is 10.2. The number of hydrogen-bond acceptors (Lipinski definition) is 3. The highest BCUT2D eigenvalue weighted by atomic mass is 32.1. The van der Waals surface area contributed by atoms with Gasteiger partial charge in [0.05, 0.1) is 0 Å². The van der Waals surface area contributed by atoms with Crippen molar-refractivity contribution in [3.8, 4) is 21.6 Å². The van der Waals surface area contributed by atoms with Crippen molar-refractivity contribution in [2.45, 2.75) is 0 Å². The van der Waals surface area contributed by atoms with Crippen LogP contribution < -0.4 is 11.5 Å². The molecular weight excluding hydrogens is 280 g/mol. The van der Waals surface area contributed by atoms with E-state index in [0.29, 0.717) is 11.3 Å². The van der Waals surface area contributed by atoms with E-state index in [1.54, 1.807) is 23.5 Å². The Labute approximate surface area is 126 Å². The van der Waals surface area contributed by atoms with Crippen molar-refractivity contribution in [2.75, 3.05) is 5.73 Å². The molecule has 3 nitrogen and oxygen atoms in total. The molecule has 0 saturated heterocycles. The van der Waals surface area contributed by atoms with Crippen molar-refractivity contribution in [3.63, 3.8) is 0 Å². The van der Waals surface area contributed by atoms with Gasteiger partial charge in [0.25, 0.3) is 0 Å². The Balaban J connectivity index is 2.19. The molecule has 0 spiro atoms. The zero-order valence-corrected chi connectivity index (χ0v) is 12.1. The minimum Gasteiger partial charge on any atom is -0.398 e. The lowest BCUT2D eigenvalue weighted by molar-refractivity contribution is 0.100. The van der Waals surface area contributed by atoms with E-state index in [-0.39, 0.29) is 0 Å². The molecule has 1 amide bonds. The molecule has 0 bridgehead atoms. The molecule has 104 valence electrons. The molecule has 21 heavy (non-hydrogen) atoms. The third-order valence-corrected chi connectivity index (χ3v) is 4.26. The number of hydrogen-bond donors (Lipinski definition) is 2. The maximum atomic E-state index is 11.6. The van der Waals surface area contributed by atoms with E-state index in [4.69, 9.17) is 11.5 Å². The zero-order chi connectivity index (χ0) is 14.8. The van der Waals surface area contributed by atoms with E-state index >= 15 is 0 Å². The number of anilines is 1. The van der Waals surface area contributed by atoms with Crippen LogP contribution in [0.2, 0.25) is 0 Å². The van der Waals surface area contributed by atoms with Crippen molar-refractivity contribution < 1.29 is 4.79 Å². The van der Waals surface area contributed by atoms with E-state index in [1.165, 1.54) is 0 Å². The minimum atomic E-state index is -0.452. The Kier molecular flexibility index (Phi) is 3.46. The third-order valence-electron chi connectivity index (χ3n) is 3.34. The van der Waals surface area contributed by atoms with E-state index in [1.807, 2.05) is 41.8 Å². The SMILES string of the molecule is NC(=O)c1ccccc1-c1cc(-c2cccs2)ccc1N. The summed E-state index contributed by atoms with van der Waals surface area (Å²) in [4.78, 5) is 12.8. The van der Waals surface area contributed by atoms with Gasteiger partial charge < -0.3 is 11.5 Å². The average molecular weight is 294 g/mol. The predicted octanol–water partition coefficient (Wildman–Crippen LogP) is 3.76. The van der Waals surface area contributed by atoms with Crippen molar-refractivity contribution in [1.82, 2.24) is 0 Å². The smallest absolute Gasteiger partial charge is 0.249 e. The van der Waals surface area contributed by atoms with Crippen LogP contribution in [-0.4, -0.2) is 5.91 Å². The Morgan fingerprint density at radius 3 is 2.48 bits per heavy atom. The van der Waals surface area contributed by atoms with Gasteiger partial charge in [-0.2, -0.15) is 0 Å². The van der Waals surface area contributed by atoms with Crippen LogP contribution in [-0.2, 0) is 0 Å². The van der Waals surface area contributed by atoms with Crippen molar-refractivity contribution in [3.05, 3.63) is 65.5 Å². The second-order valence-corrected chi connectivity index (χ2v) is 5.64. The van der Waals surface area contributed by atoms with Gasteiger partial charge in [-0.25, -0.2) is 0 Å². The molecule has 1 aromatic heterocycles. The van der Waals surface area contributed by atoms with Crippen molar-refractivity contribution in [1.29, 1.82) is 0 Å². The van der Waals surface area contributed by atoms with Crippen LogP contribution in [0, 0.1) is 0 Å². The maximum absolute atomic E-state index is 11.6. The van der Waals surface area contributed by atoms with Gasteiger partial charge in [-0.1, -0.05) is 30.3 Å². The topological polar surface area (TPSA) is 69.1 Å². The number of carbonyl (C=O) groups excluding carboxylic acids is 1. The minimum absolute atomic E-state index is 0.452. The highest BCUT2D eigenvalue weighted by Gasteiger charge is 2.12. The molecule has 0 fully saturated rings. The lowest BCUT2D eigenvalue weighted by Crippen LogP contribution is -2.12. The molecular formula is C17H14N2OS. The van der Waals surface area contributed by atoms with Gasteiger partial charge in [0.15, 0.2) is 0 Å². The number of benzene rings is 2. The summed E-state index contributed by atoms with van der Waals surface area (Å²) in [7, 11) is 0. The zero-order valence-electron chi connectivity index (χ0n) is 11.2. The molecule has 0 saturated carbocycles. The number of carbonyl (C=O) groups is 1. The van der Waals surface area contributed by atoms with Crippen LogP contribution >= 0.6 is 11.3 Å². The second-order valence-electron chi connectivity index (χ2n) is 4.69. The van der Waals surface area contributed by atoms with Crippen LogP contribution in [0.3, 0.4) is 0 Å². The Morgan fingerprint density at radius 1 is 0.952 bits per heavy atom. The Hall–Kier alpha value is -2.59. The molecule has 4 N–H and O–H groups in total. The van der Waals surface area contributed by atoms with Gasteiger partial charge in [-0.3, -0.25) is 4.79 Å². The molecule has 0 aliphatic rings. The monoisotopic (exact) mass is 294 g/mol. The summed E-state index contributed by atoms with van der Waals surface area (Å²) in [5, 5.41) is 2.03. The van der Waals surface area contributed by atoms with Gasteiger partial charge in [-0.15, -0.1) is 11.3 Å². The first-order valence-corrected chi connectivity index (χ1v) is 7.37. The largest absolute Gasteiger partial charge is 0.398 e. The highest BCUT2D eigenvalue weighted by Crippen LogP contribution is 2.34. The van der Waals surface area contributed by atoms with E-state index < -0.39 is 5.91 Å². The van der Waals surface area contributed by atoms with Gasteiger partial charge in [-0.05, 0) is 40.8 Å². The van der Waals surface area contributed by atoms with Crippen LogP contribution in [0.15, 0.2) is 60.0 Å². The summed E-state index contributed by atoms with van der Waals surface area (Å²) < 4.78 is 0. The quantitative estimate of drug-likeness (QED) is 0.722. The molecule has 0 aliphatic heterocycles.